The van der Waals surface area contributed by atoms with Crippen LogP contribution in [0.1, 0.15) is 43.9 Å². The molecule has 0 heterocycles. The molecule has 0 bridgehead atoms. The fourth-order valence-corrected chi connectivity index (χ4v) is 1.71. The average molecular weight is 195 g/mol. The fraction of sp³-hybridized carbons (Fsp3) is 0.500. The Morgan fingerprint density at radius 3 is 2.64 bits per heavy atom. The van der Waals surface area contributed by atoms with Crippen LogP contribution in [0.2, 0.25) is 0 Å². The molecule has 0 spiro atoms. The minimum Gasteiger partial charge on any atom is -0.324 e. The third kappa shape index (κ3) is 2.55. The number of aryl methyl sites for hydroxylation is 1. The first kappa shape index (κ1) is 11.2. The van der Waals surface area contributed by atoms with Crippen molar-refractivity contribution < 1.29 is 4.39 Å². The normalized spacial score (nSPS) is 12.9. The van der Waals surface area contributed by atoms with Gasteiger partial charge in [0.05, 0.1) is 0 Å². The van der Waals surface area contributed by atoms with Crippen molar-refractivity contribution in [2.24, 2.45) is 5.73 Å². The second-order valence-corrected chi connectivity index (χ2v) is 3.59. The summed E-state index contributed by atoms with van der Waals surface area (Å²) in [4.78, 5) is 0. The molecule has 0 aliphatic heterocycles. The summed E-state index contributed by atoms with van der Waals surface area (Å²) in [6.45, 7) is 4.13. The Balaban J connectivity index is 2.95. The largest absolute Gasteiger partial charge is 0.324 e. The first-order valence-electron chi connectivity index (χ1n) is 5.23. The zero-order valence-electron chi connectivity index (χ0n) is 8.89. The van der Waals surface area contributed by atoms with E-state index in [4.69, 9.17) is 5.73 Å². The third-order valence-electron chi connectivity index (χ3n) is 2.49. The van der Waals surface area contributed by atoms with E-state index in [0.29, 0.717) is 0 Å². The summed E-state index contributed by atoms with van der Waals surface area (Å²) in [5, 5.41) is 0. The molecule has 1 nitrogen and oxygen atoms in total. The van der Waals surface area contributed by atoms with E-state index in [1.54, 1.807) is 6.07 Å². The first-order chi connectivity index (χ1) is 6.69. The molecular formula is C12H18FN. The molecule has 0 radical (unpaired) electrons. The topological polar surface area (TPSA) is 26.0 Å². The molecular weight excluding hydrogens is 177 g/mol. The van der Waals surface area contributed by atoms with Crippen molar-refractivity contribution in [3.63, 3.8) is 0 Å². The number of nitrogens with two attached hydrogens (primary N) is 1. The van der Waals surface area contributed by atoms with Crippen molar-refractivity contribution in [3.8, 4) is 0 Å². The van der Waals surface area contributed by atoms with Gasteiger partial charge in [0.2, 0.25) is 0 Å². The first-order valence-corrected chi connectivity index (χ1v) is 5.23. The lowest BCUT2D eigenvalue weighted by molar-refractivity contribution is 0.610. The zero-order valence-corrected chi connectivity index (χ0v) is 8.89. The van der Waals surface area contributed by atoms with Crippen LogP contribution in [0, 0.1) is 5.82 Å². The number of benzene rings is 1. The summed E-state index contributed by atoms with van der Waals surface area (Å²) in [6, 6.07) is 4.94. The van der Waals surface area contributed by atoms with Crippen molar-refractivity contribution >= 4 is 0 Å². The lowest BCUT2D eigenvalue weighted by Gasteiger charge is -2.14. The van der Waals surface area contributed by atoms with Crippen LogP contribution in [0.25, 0.3) is 0 Å². The molecule has 0 aromatic heterocycles. The Morgan fingerprint density at radius 1 is 1.36 bits per heavy atom. The minimum atomic E-state index is -0.172. The van der Waals surface area contributed by atoms with Crippen molar-refractivity contribution in [1.29, 1.82) is 0 Å². The lowest BCUT2D eigenvalue weighted by Crippen LogP contribution is -2.12. The Hall–Kier alpha value is -0.890. The number of hydrogen-bond acceptors (Lipinski definition) is 1. The highest BCUT2D eigenvalue weighted by atomic mass is 19.1. The van der Waals surface area contributed by atoms with Gasteiger partial charge in [-0.05, 0) is 36.1 Å². The predicted octanol–water partition coefficient (Wildman–Crippen LogP) is 3.19. The molecule has 1 rings (SSSR count). The van der Waals surface area contributed by atoms with Crippen LogP contribution in [0.4, 0.5) is 4.39 Å². The van der Waals surface area contributed by atoms with Crippen LogP contribution in [-0.2, 0) is 6.42 Å². The molecule has 2 N–H and O–H groups in total. The Bertz CT molecular complexity index is 296. The Morgan fingerprint density at radius 2 is 2.07 bits per heavy atom. The number of rotatable bonds is 4. The molecule has 0 saturated carbocycles. The van der Waals surface area contributed by atoms with Crippen LogP contribution in [0.3, 0.4) is 0 Å². The molecule has 0 unspecified atom stereocenters. The van der Waals surface area contributed by atoms with Crippen molar-refractivity contribution in [3.05, 3.63) is 35.1 Å². The molecule has 1 aromatic rings. The Kier molecular flexibility index (Phi) is 4.08. The van der Waals surface area contributed by atoms with Crippen LogP contribution < -0.4 is 5.73 Å². The minimum absolute atomic E-state index is 0.0514. The summed E-state index contributed by atoms with van der Waals surface area (Å²) in [5.41, 5.74) is 8.14. The maximum absolute atomic E-state index is 12.9. The van der Waals surface area contributed by atoms with Crippen LogP contribution in [-0.4, -0.2) is 0 Å². The van der Waals surface area contributed by atoms with Gasteiger partial charge in [0.25, 0.3) is 0 Å². The van der Waals surface area contributed by atoms with Crippen LogP contribution in [0.5, 0.6) is 0 Å². The van der Waals surface area contributed by atoms with Crippen LogP contribution in [0.15, 0.2) is 18.2 Å². The van der Waals surface area contributed by atoms with E-state index < -0.39 is 0 Å². The second-order valence-electron chi connectivity index (χ2n) is 3.59. The van der Waals surface area contributed by atoms with Gasteiger partial charge in [-0.2, -0.15) is 0 Å². The van der Waals surface area contributed by atoms with Crippen LogP contribution >= 0.6 is 0 Å². The molecule has 2 heteroatoms. The molecule has 1 aromatic carbocycles. The maximum Gasteiger partial charge on any atom is 0.123 e. The third-order valence-corrected chi connectivity index (χ3v) is 2.49. The summed E-state index contributed by atoms with van der Waals surface area (Å²) in [5.74, 6) is -0.172. The van der Waals surface area contributed by atoms with Gasteiger partial charge in [-0.3, -0.25) is 0 Å². The van der Waals surface area contributed by atoms with E-state index in [1.165, 1.54) is 6.07 Å². The van der Waals surface area contributed by atoms with E-state index >= 15 is 0 Å². The predicted molar refractivity (Wildman–Crippen MR) is 57.6 cm³/mol. The van der Waals surface area contributed by atoms with Gasteiger partial charge < -0.3 is 5.73 Å². The summed E-state index contributed by atoms with van der Waals surface area (Å²) >= 11 is 0. The summed E-state index contributed by atoms with van der Waals surface area (Å²) < 4.78 is 12.9. The van der Waals surface area contributed by atoms with E-state index in [1.807, 2.05) is 13.0 Å². The van der Waals surface area contributed by atoms with Gasteiger partial charge in [-0.1, -0.05) is 26.3 Å². The molecule has 1 atom stereocenters. The van der Waals surface area contributed by atoms with Crippen molar-refractivity contribution in [2.75, 3.05) is 0 Å². The zero-order chi connectivity index (χ0) is 10.6. The van der Waals surface area contributed by atoms with Gasteiger partial charge in [-0.25, -0.2) is 4.39 Å². The summed E-state index contributed by atoms with van der Waals surface area (Å²) in [7, 11) is 0. The molecule has 78 valence electrons. The maximum atomic E-state index is 12.9. The molecule has 0 aliphatic carbocycles. The van der Waals surface area contributed by atoms with E-state index in [2.05, 4.69) is 6.92 Å². The van der Waals surface area contributed by atoms with E-state index in [9.17, 15) is 4.39 Å². The molecule has 0 saturated heterocycles. The summed E-state index contributed by atoms with van der Waals surface area (Å²) in [6.07, 6.45) is 2.85. The van der Waals surface area contributed by atoms with Crippen molar-refractivity contribution in [1.82, 2.24) is 0 Å². The molecule has 14 heavy (non-hydrogen) atoms. The number of hydrogen-bond donors (Lipinski definition) is 1. The van der Waals surface area contributed by atoms with Gasteiger partial charge in [0.15, 0.2) is 0 Å². The van der Waals surface area contributed by atoms with Gasteiger partial charge in [0, 0.05) is 6.04 Å². The SMILES string of the molecule is CCC[C@@H](N)c1ccc(F)cc1CC. The number of halogens is 1. The van der Waals surface area contributed by atoms with E-state index in [-0.39, 0.29) is 11.9 Å². The highest BCUT2D eigenvalue weighted by Gasteiger charge is 2.09. The molecule has 0 amide bonds. The van der Waals surface area contributed by atoms with Crippen molar-refractivity contribution in [2.45, 2.75) is 39.2 Å². The highest BCUT2D eigenvalue weighted by molar-refractivity contribution is 5.30. The second kappa shape index (κ2) is 5.11. The highest BCUT2D eigenvalue weighted by Crippen LogP contribution is 2.21. The Labute approximate surface area is 85.1 Å². The smallest absolute Gasteiger partial charge is 0.123 e. The quantitative estimate of drug-likeness (QED) is 0.784. The monoisotopic (exact) mass is 195 g/mol. The van der Waals surface area contributed by atoms with Gasteiger partial charge >= 0.3 is 0 Å². The standard InChI is InChI=1S/C12H18FN/c1-3-5-12(14)11-7-6-10(13)8-9(11)4-2/h6-8,12H,3-5,14H2,1-2H3/t12-/m1/s1. The lowest BCUT2D eigenvalue weighted by atomic mass is 9.96. The molecule has 0 fully saturated rings. The molecule has 0 aliphatic rings. The van der Waals surface area contributed by atoms with Gasteiger partial charge in [-0.15, -0.1) is 0 Å². The van der Waals surface area contributed by atoms with E-state index in [0.717, 1.165) is 30.4 Å². The van der Waals surface area contributed by atoms with Gasteiger partial charge in [0.1, 0.15) is 5.82 Å². The fourth-order valence-electron chi connectivity index (χ4n) is 1.71. The average Bonchev–Trinajstić information content (AvgIpc) is 2.17.